The molecule has 1 aliphatic rings. The van der Waals surface area contributed by atoms with E-state index in [4.69, 9.17) is 4.74 Å². The first-order valence-corrected chi connectivity index (χ1v) is 7.17. The lowest BCUT2D eigenvalue weighted by Crippen LogP contribution is -2.39. The van der Waals surface area contributed by atoms with Gasteiger partial charge in [0.2, 0.25) is 0 Å². The highest BCUT2D eigenvalue weighted by Crippen LogP contribution is 2.23. The fourth-order valence-corrected chi connectivity index (χ4v) is 2.42. The molecule has 0 aromatic rings. The van der Waals surface area contributed by atoms with Crippen LogP contribution in [0.5, 0.6) is 0 Å². The first kappa shape index (κ1) is 14.9. The molecule has 0 bridgehead atoms. The molecule has 1 saturated heterocycles. The molecular formula is C14H30N2O. The topological polar surface area (TPSA) is 24.5 Å². The molecule has 3 heteroatoms. The summed E-state index contributed by atoms with van der Waals surface area (Å²) >= 11 is 0. The zero-order chi connectivity index (χ0) is 12.7. The standard InChI is InChI=1S/C14H30N2O/c1-5-17-8-6-7-15-9-14(4)16-10-12(2)13(3)11-16/h12-15H,5-11H2,1-4H3. The number of likely N-dealkylation sites (tertiary alicyclic amines) is 1. The van der Waals surface area contributed by atoms with Crippen molar-refractivity contribution in [2.24, 2.45) is 11.8 Å². The zero-order valence-corrected chi connectivity index (χ0v) is 12.0. The Morgan fingerprint density at radius 2 is 1.94 bits per heavy atom. The van der Waals surface area contributed by atoms with Crippen LogP contribution in [0.3, 0.4) is 0 Å². The van der Waals surface area contributed by atoms with Crippen molar-refractivity contribution in [3.63, 3.8) is 0 Å². The molecule has 1 fully saturated rings. The summed E-state index contributed by atoms with van der Waals surface area (Å²) in [4.78, 5) is 2.62. The Morgan fingerprint density at radius 3 is 2.53 bits per heavy atom. The summed E-state index contributed by atoms with van der Waals surface area (Å²) in [5.74, 6) is 1.71. The van der Waals surface area contributed by atoms with Crippen LogP contribution in [0.2, 0.25) is 0 Å². The SMILES string of the molecule is CCOCCCNCC(C)N1CC(C)C(C)C1. The van der Waals surface area contributed by atoms with Gasteiger partial charge in [0.05, 0.1) is 0 Å². The van der Waals surface area contributed by atoms with Gasteiger partial charge in [0.25, 0.3) is 0 Å². The van der Waals surface area contributed by atoms with E-state index in [1.807, 2.05) is 6.92 Å². The van der Waals surface area contributed by atoms with Crippen LogP contribution in [0.1, 0.15) is 34.1 Å². The highest BCUT2D eigenvalue weighted by atomic mass is 16.5. The van der Waals surface area contributed by atoms with Gasteiger partial charge in [-0.3, -0.25) is 4.90 Å². The largest absolute Gasteiger partial charge is 0.382 e. The zero-order valence-electron chi connectivity index (χ0n) is 12.0. The van der Waals surface area contributed by atoms with E-state index in [-0.39, 0.29) is 0 Å². The van der Waals surface area contributed by atoms with Gasteiger partial charge in [0.1, 0.15) is 0 Å². The second-order valence-electron chi connectivity index (χ2n) is 5.51. The van der Waals surface area contributed by atoms with Crippen molar-refractivity contribution in [2.75, 3.05) is 39.4 Å². The maximum absolute atomic E-state index is 5.32. The molecule has 1 rings (SSSR count). The fraction of sp³-hybridized carbons (Fsp3) is 1.00. The van der Waals surface area contributed by atoms with Crippen LogP contribution >= 0.6 is 0 Å². The average molecular weight is 242 g/mol. The minimum atomic E-state index is 0.662. The molecule has 3 unspecified atom stereocenters. The smallest absolute Gasteiger partial charge is 0.0477 e. The van der Waals surface area contributed by atoms with E-state index in [0.29, 0.717) is 6.04 Å². The third-order valence-electron chi connectivity index (χ3n) is 3.93. The van der Waals surface area contributed by atoms with Gasteiger partial charge >= 0.3 is 0 Å². The third kappa shape index (κ3) is 5.36. The highest BCUT2D eigenvalue weighted by molar-refractivity contribution is 4.82. The molecule has 1 N–H and O–H groups in total. The van der Waals surface area contributed by atoms with Gasteiger partial charge in [-0.05, 0) is 38.6 Å². The number of nitrogens with one attached hydrogen (secondary N) is 1. The van der Waals surface area contributed by atoms with Crippen LogP contribution in [0.4, 0.5) is 0 Å². The molecule has 0 aromatic carbocycles. The van der Waals surface area contributed by atoms with Crippen molar-refractivity contribution in [1.29, 1.82) is 0 Å². The van der Waals surface area contributed by atoms with Gasteiger partial charge in [-0.1, -0.05) is 13.8 Å². The van der Waals surface area contributed by atoms with E-state index < -0.39 is 0 Å². The van der Waals surface area contributed by atoms with Gasteiger partial charge < -0.3 is 10.1 Å². The van der Waals surface area contributed by atoms with Crippen LogP contribution < -0.4 is 5.32 Å². The van der Waals surface area contributed by atoms with Crippen LogP contribution in [0, 0.1) is 11.8 Å². The Labute approximate surface area is 107 Å². The van der Waals surface area contributed by atoms with Crippen molar-refractivity contribution in [1.82, 2.24) is 10.2 Å². The minimum Gasteiger partial charge on any atom is -0.382 e. The maximum Gasteiger partial charge on any atom is 0.0477 e. The number of nitrogens with zero attached hydrogens (tertiary/aromatic N) is 1. The molecule has 3 nitrogen and oxygen atoms in total. The molecule has 0 amide bonds. The van der Waals surface area contributed by atoms with E-state index in [2.05, 4.69) is 31.0 Å². The summed E-state index contributed by atoms with van der Waals surface area (Å²) in [6.45, 7) is 15.5. The summed E-state index contributed by atoms with van der Waals surface area (Å²) in [7, 11) is 0. The van der Waals surface area contributed by atoms with Gasteiger partial charge in [0, 0.05) is 38.9 Å². The molecular weight excluding hydrogens is 212 g/mol. The van der Waals surface area contributed by atoms with Crippen molar-refractivity contribution in [3.05, 3.63) is 0 Å². The monoisotopic (exact) mass is 242 g/mol. The summed E-state index contributed by atoms with van der Waals surface area (Å²) < 4.78 is 5.32. The van der Waals surface area contributed by atoms with Gasteiger partial charge in [-0.2, -0.15) is 0 Å². The molecule has 3 atom stereocenters. The second-order valence-corrected chi connectivity index (χ2v) is 5.51. The molecule has 1 aliphatic heterocycles. The predicted octanol–water partition coefficient (Wildman–Crippen LogP) is 1.98. The normalized spacial score (nSPS) is 27.5. The van der Waals surface area contributed by atoms with E-state index in [1.54, 1.807) is 0 Å². The van der Waals surface area contributed by atoms with Gasteiger partial charge in [-0.15, -0.1) is 0 Å². The Balaban J connectivity index is 2.03. The van der Waals surface area contributed by atoms with E-state index in [1.165, 1.54) is 13.1 Å². The summed E-state index contributed by atoms with van der Waals surface area (Å²) in [6.07, 6.45) is 1.12. The summed E-state index contributed by atoms with van der Waals surface area (Å²) in [5, 5.41) is 3.53. The van der Waals surface area contributed by atoms with Crippen LogP contribution in [-0.4, -0.2) is 50.3 Å². The van der Waals surface area contributed by atoms with Crippen molar-refractivity contribution in [2.45, 2.75) is 40.2 Å². The lowest BCUT2D eigenvalue weighted by molar-refractivity contribution is 0.144. The van der Waals surface area contributed by atoms with Crippen molar-refractivity contribution >= 4 is 0 Å². The Kier molecular flexibility index (Phi) is 7.09. The van der Waals surface area contributed by atoms with E-state index in [0.717, 1.165) is 44.6 Å². The molecule has 0 radical (unpaired) electrons. The maximum atomic E-state index is 5.32. The number of rotatable bonds is 8. The molecule has 0 aromatic heterocycles. The Morgan fingerprint density at radius 1 is 1.29 bits per heavy atom. The molecule has 1 heterocycles. The molecule has 102 valence electrons. The van der Waals surface area contributed by atoms with Gasteiger partial charge in [0.15, 0.2) is 0 Å². The van der Waals surface area contributed by atoms with Crippen molar-refractivity contribution in [3.8, 4) is 0 Å². The Bertz CT molecular complexity index is 189. The molecule has 17 heavy (non-hydrogen) atoms. The molecule has 0 aliphatic carbocycles. The quantitative estimate of drug-likeness (QED) is 0.659. The highest BCUT2D eigenvalue weighted by Gasteiger charge is 2.28. The predicted molar refractivity (Wildman–Crippen MR) is 73.3 cm³/mol. The van der Waals surface area contributed by atoms with E-state index >= 15 is 0 Å². The first-order chi connectivity index (χ1) is 8.15. The van der Waals surface area contributed by atoms with Crippen LogP contribution in [0.25, 0.3) is 0 Å². The van der Waals surface area contributed by atoms with Crippen LogP contribution in [0.15, 0.2) is 0 Å². The van der Waals surface area contributed by atoms with Crippen LogP contribution in [-0.2, 0) is 4.74 Å². The molecule has 0 saturated carbocycles. The number of hydrogen-bond acceptors (Lipinski definition) is 3. The summed E-state index contributed by atoms with van der Waals surface area (Å²) in [5.41, 5.74) is 0. The van der Waals surface area contributed by atoms with Crippen molar-refractivity contribution < 1.29 is 4.74 Å². The minimum absolute atomic E-state index is 0.662. The second kappa shape index (κ2) is 8.06. The Hall–Kier alpha value is -0.120. The van der Waals surface area contributed by atoms with Gasteiger partial charge in [-0.25, -0.2) is 0 Å². The van der Waals surface area contributed by atoms with E-state index in [9.17, 15) is 0 Å². The lowest BCUT2D eigenvalue weighted by atomic mass is 10.0. The lowest BCUT2D eigenvalue weighted by Gasteiger charge is -2.24. The fourth-order valence-electron chi connectivity index (χ4n) is 2.42. The third-order valence-corrected chi connectivity index (χ3v) is 3.93. The number of hydrogen-bond donors (Lipinski definition) is 1. The number of ether oxygens (including phenoxy) is 1. The first-order valence-electron chi connectivity index (χ1n) is 7.17. The molecule has 0 spiro atoms. The average Bonchev–Trinajstić information content (AvgIpc) is 2.64. The summed E-state index contributed by atoms with van der Waals surface area (Å²) in [6, 6.07) is 0.662.